The summed E-state index contributed by atoms with van der Waals surface area (Å²) in [6, 6.07) is 5.19. The van der Waals surface area contributed by atoms with Gasteiger partial charge < -0.3 is 19.9 Å². The van der Waals surface area contributed by atoms with E-state index in [2.05, 4.69) is 25.2 Å². The first kappa shape index (κ1) is 16.0. The van der Waals surface area contributed by atoms with E-state index >= 15 is 0 Å². The number of nitrogens with zero attached hydrogens (tertiary/aromatic N) is 5. The summed E-state index contributed by atoms with van der Waals surface area (Å²) in [7, 11) is 1.57. The Bertz CT molecular complexity index is 701. The number of methoxy groups -OCH3 is 1. The second kappa shape index (κ2) is 7.12. The largest absolute Gasteiger partial charge is 0.481 e. The second-order valence-electron chi connectivity index (χ2n) is 5.44. The predicted molar refractivity (Wildman–Crippen MR) is 90.4 cm³/mol. The second-order valence-corrected chi connectivity index (χ2v) is 5.44. The summed E-state index contributed by atoms with van der Waals surface area (Å²) in [6.07, 6.45) is 3.45. The number of carbonyl (C=O) groups excluding carboxylic acids is 1. The van der Waals surface area contributed by atoms with Gasteiger partial charge in [-0.25, -0.2) is 19.7 Å². The third kappa shape index (κ3) is 3.53. The summed E-state index contributed by atoms with van der Waals surface area (Å²) in [5.41, 5.74) is 1.41. The van der Waals surface area contributed by atoms with Crippen LogP contribution in [0.15, 0.2) is 30.6 Å². The van der Waals surface area contributed by atoms with Gasteiger partial charge in [0, 0.05) is 44.6 Å². The zero-order chi connectivity index (χ0) is 16.9. The van der Waals surface area contributed by atoms with E-state index in [4.69, 9.17) is 4.74 Å². The van der Waals surface area contributed by atoms with Crippen molar-refractivity contribution in [2.45, 2.75) is 6.92 Å². The average Bonchev–Trinajstić information content (AvgIpc) is 2.64. The zero-order valence-corrected chi connectivity index (χ0v) is 13.8. The third-order valence-electron chi connectivity index (χ3n) is 3.91. The van der Waals surface area contributed by atoms with Crippen molar-refractivity contribution in [3.8, 4) is 5.88 Å². The molecule has 2 aromatic rings. The SMILES string of the molecule is COc1ccc(NC(=O)N2CCN(c3ncccn3)CC2)c(C)n1. The lowest BCUT2D eigenvalue weighted by Crippen LogP contribution is -2.50. The van der Waals surface area contributed by atoms with Crippen molar-refractivity contribution in [3.63, 3.8) is 0 Å². The van der Waals surface area contributed by atoms with Gasteiger partial charge in [0.25, 0.3) is 0 Å². The van der Waals surface area contributed by atoms with Gasteiger partial charge >= 0.3 is 6.03 Å². The molecule has 8 nitrogen and oxygen atoms in total. The molecule has 0 radical (unpaired) electrons. The van der Waals surface area contributed by atoms with Gasteiger partial charge in [-0.3, -0.25) is 0 Å². The highest BCUT2D eigenvalue weighted by Gasteiger charge is 2.22. The molecule has 0 aliphatic carbocycles. The monoisotopic (exact) mass is 328 g/mol. The van der Waals surface area contributed by atoms with Gasteiger partial charge in [-0.15, -0.1) is 0 Å². The van der Waals surface area contributed by atoms with Gasteiger partial charge in [0.15, 0.2) is 0 Å². The van der Waals surface area contributed by atoms with Crippen molar-refractivity contribution in [3.05, 3.63) is 36.3 Å². The molecule has 1 fully saturated rings. The van der Waals surface area contributed by atoms with Crippen LogP contribution in [0.1, 0.15) is 5.69 Å². The summed E-state index contributed by atoms with van der Waals surface area (Å²) in [6.45, 7) is 4.48. The molecule has 1 saturated heterocycles. The van der Waals surface area contributed by atoms with Crippen molar-refractivity contribution in [2.75, 3.05) is 43.5 Å². The van der Waals surface area contributed by atoms with Crippen LogP contribution in [0, 0.1) is 6.92 Å². The Balaban J connectivity index is 1.57. The number of anilines is 2. The fraction of sp³-hybridized carbons (Fsp3) is 0.375. The Morgan fingerprint density at radius 3 is 2.50 bits per heavy atom. The molecule has 3 heterocycles. The average molecular weight is 328 g/mol. The van der Waals surface area contributed by atoms with E-state index in [1.165, 1.54) is 0 Å². The highest BCUT2D eigenvalue weighted by atomic mass is 16.5. The van der Waals surface area contributed by atoms with Crippen LogP contribution >= 0.6 is 0 Å². The predicted octanol–water partition coefficient (Wildman–Crippen LogP) is 1.54. The number of urea groups is 1. The van der Waals surface area contributed by atoms with Crippen LogP contribution in [0.2, 0.25) is 0 Å². The lowest BCUT2D eigenvalue weighted by molar-refractivity contribution is 0.208. The molecule has 0 spiro atoms. The molecule has 0 unspecified atom stereocenters. The van der Waals surface area contributed by atoms with E-state index in [1.54, 1.807) is 42.6 Å². The summed E-state index contributed by atoms with van der Waals surface area (Å²) in [5, 5.41) is 2.90. The number of amides is 2. The highest BCUT2D eigenvalue weighted by Crippen LogP contribution is 2.18. The quantitative estimate of drug-likeness (QED) is 0.920. The molecule has 3 rings (SSSR count). The number of nitrogens with one attached hydrogen (secondary N) is 1. The number of piperazine rings is 1. The van der Waals surface area contributed by atoms with E-state index in [0.717, 1.165) is 5.69 Å². The van der Waals surface area contributed by atoms with Crippen LogP contribution in [0.25, 0.3) is 0 Å². The van der Waals surface area contributed by atoms with Crippen molar-refractivity contribution in [1.29, 1.82) is 0 Å². The number of ether oxygens (including phenoxy) is 1. The van der Waals surface area contributed by atoms with Crippen LogP contribution in [0.3, 0.4) is 0 Å². The first-order chi connectivity index (χ1) is 11.7. The molecule has 24 heavy (non-hydrogen) atoms. The molecule has 1 aliphatic heterocycles. The van der Waals surface area contributed by atoms with Gasteiger partial charge in [0.05, 0.1) is 18.5 Å². The summed E-state index contributed by atoms with van der Waals surface area (Å²) in [5.74, 6) is 1.23. The molecule has 0 saturated carbocycles. The summed E-state index contributed by atoms with van der Waals surface area (Å²) < 4.78 is 5.07. The number of rotatable bonds is 3. The van der Waals surface area contributed by atoms with E-state index in [0.29, 0.717) is 43.7 Å². The zero-order valence-electron chi connectivity index (χ0n) is 13.8. The number of pyridine rings is 1. The van der Waals surface area contributed by atoms with Crippen LogP contribution < -0.4 is 15.0 Å². The topological polar surface area (TPSA) is 83.5 Å². The molecule has 2 aromatic heterocycles. The minimum absolute atomic E-state index is 0.126. The summed E-state index contributed by atoms with van der Waals surface area (Å²) in [4.78, 5) is 29.0. The van der Waals surface area contributed by atoms with Crippen molar-refractivity contribution in [2.24, 2.45) is 0 Å². The molecule has 8 heteroatoms. The number of hydrogen-bond acceptors (Lipinski definition) is 6. The summed E-state index contributed by atoms with van der Waals surface area (Å²) >= 11 is 0. The first-order valence-electron chi connectivity index (χ1n) is 7.77. The lowest BCUT2D eigenvalue weighted by atomic mass is 10.3. The normalized spacial score (nSPS) is 14.4. The van der Waals surface area contributed by atoms with Crippen LogP contribution in [0.4, 0.5) is 16.4 Å². The van der Waals surface area contributed by atoms with Crippen LogP contribution in [0.5, 0.6) is 5.88 Å². The van der Waals surface area contributed by atoms with Crippen molar-refractivity contribution >= 4 is 17.7 Å². The number of aromatic nitrogens is 3. The molecule has 1 aliphatic rings. The van der Waals surface area contributed by atoms with Gasteiger partial charge in [0.2, 0.25) is 11.8 Å². The minimum Gasteiger partial charge on any atom is -0.481 e. The van der Waals surface area contributed by atoms with Crippen molar-refractivity contribution < 1.29 is 9.53 Å². The van der Waals surface area contributed by atoms with Gasteiger partial charge in [-0.05, 0) is 19.1 Å². The Morgan fingerprint density at radius 1 is 1.17 bits per heavy atom. The van der Waals surface area contributed by atoms with E-state index < -0.39 is 0 Å². The first-order valence-corrected chi connectivity index (χ1v) is 7.77. The number of aryl methyl sites for hydroxylation is 1. The highest BCUT2D eigenvalue weighted by molar-refractivity contribution is 5.90. The van der Waals surface area contributed by atoms with Crippen LogP contribution in [-0.2, 0) is 0 Å². The Labute approximate surface area is 140 Å². The fourth-order valence-corrected chi connectivity index (χ4v) is 2.54. The van der Waals surface area contributed by atoms with E-state index in [1.807, 2.05) is 6.92 Å². The van der Waals surface area contributed by atoms with E-state index in [-0.39, 0.29) is 6.03 Å². The Hall–Kier alpha value is -2.90. The van der Waals surface area contributed by atoms with Gasteiger partial charge in [-0.1, -0.05) is 0 Å². The maximum atomic E-state index is 12.4. The molecule has 126 valence electrons. The molecule has 2 amide bonds. The molecule has 0 atom stereocenters. The molecule has 0 bridgehead atoms. The smallest absolute Gasteiger partial charge is 0.322 e. The number of hydrogen-bond donors (Lipinski definition) is 1. The third-order valence-corrected chi connectivity index (χ3v) is 3.91. The molecule has 1 N–H and O–H groups in total. The Kier molecular flexibility index (Phi) is 4.74. The van der Waals surface area contributed by atoms with Crippen molar-refractivity contribution in [1.82, 2.24) is 19.9 Å². The van der Waals surface area contributed by atoms with E-state index in [9.17, 15) is 4.79 Å². The Morgan fingerprint density at radius 2 is 1.88 bits per heavy atom. The molecule has 0 aromatic carbocycles. The lowest BCUT2D eigenvalue weighted by Gasteiger charge is -2.34. The standard InChI is InChI=1S/C16H20N6O2/c1-12-13(4-5-14(19-12)24-2)20-16(23)22-10-8-21(9-11-22)15-17-6-3-7-18-15/h3-7H,8-11H2,1-2H3,(H,20,23). The number of carbonyl (C=O) groups is 1. The maximum absolute atomic E-state index is 12.4. The molecular weight excluding hydrogens is 308 g/mol. The minimum atomic E-state index is -0.126. The van der Waals surface area contributed by atoms with Crippen LogP contribution in [-0.4, -0.2) is 59.2 Å². The van der Waals surface area contributed by atoms with Gasteiger partial charge in [-0.2, -0.15) is 0 Å². The maximum Gasteiger partial charge on any atom is 0.322 e. The molecular formula is C16H20N6O2. The van der Waals surface area contributed by atoms with Gasteiger partial charge in [0.1, 0.15) is 0 Å². The fourth-order valence-electron chi connectivity index (χ4n) is 2.54.